The minimum Gasteiger partial charge on any atom is -0.499 e. The lowest BCUT2D eigenvalue weighted by Crippen LogP contribution is -1.94. The monoisotopic (exact) mass is 142 g/mol. The van der Waals surface area contributed by atoms with Crippen molar-refractivity contribution < 1.29 is 4.74 Å². The minimum atomic E-state index is 0.309. The van der Waals surface area contributed by atoms with E-state index < -0.39 is 0 Å². The molecule has 0 aromatic heterocycles. The summed E-state index contributed by atoms with van der Waals surface area (Å²) in [6.45, 7) is 8.44. The Hall–Kier alpha value is -0.460. The van der Waals surface area contributed by atoms with Crippen LogP contribution in [0.25, 0.3) is 0 Å². The maximum Gasteiger partial charge on any atom is 0.0922 e. The van der Waals surface area contributed by atoms with Crippen LogP contribution < -0.4 is 0 Å². The maximum atomic E-state index is 5.21. The van der Waals surface area contributed by atoms with E-state index >= 15 is 0 Å². The molecule has 0 aromatic carbocycles. The quantitative estimate of drug-likeness (QED) is 0.548. The zero-order valence-electron chi connectivity index (χ0n) is 7.42. The second-order valence-electron chi connectivity index (χ2n) is 3.19. The molecule has 0 unspecified atom stereocenters. The lowest BCUT2D eigenvalue weighted by molar-refractivity contribution is 0.178. The van der Waals surface area contributed by atoms with Gasteiger partial charge in [0.25, 0.3) is 0 Å². The summed E-state index contributed by atoms with van der Waals surface area (Å²) < 4.78 is 5.21. The van der Waals surface area contributed by atoms with E-state index in [1.54, 1.807) is 6.26 Å². The van der Waals surface area contributed by atoms with Gasteiger partial charge in [0, 0.05) is 0 Å². The zero-order chi connectivity index (χ0) is 7.98. The molecule has 0 fully saturated rings. The molecule has 0 bridgehead atoms. The number of hydrogen-bond acceptors (Lipinski definition) is 1. The summed E-state index contributed by atoms with van der Waals surface area (Å²) in [6.07, 6.45) is 5.28. The zero-order valence-corrected chi connectivity index (χ0v) is 7.42. The van der Waals surface area contributed by atoms with Crippen molar-refractivity contribution >= 4 is 0 Å². The Morgan fingerprint density at radius 1 is 1.20 bits per heavy atom. The van der Waals surface area contributed by atoms with E-state index in [4.69, 9.17) is 4.74 Å². The molecule has 0 amide bonds. The SMILES string of the molecule is CC(C)C/C=C/OC(C)C. The highest BCUT2D eigenvalue weighted by Crippen LogP contribution is 2.00. The van der Waals surface area contributed by atoms with E-state index in [-0.39, 0.29) is 0 Å². The Kier molecular flexibility index (Phi) is 5.09. The molecule has 0 saturated heterocycles. The Labute approximate surface area is 64.1 Å². The molecule has 0 heterocycles. The van der Waals surface area contributed by atoms with Gasteiger partial charge in [-0.2, -0.15) is 0 Å². The molecule has 0 radical (unpaired) electrons. The van der Waals surface area contributed by atoms with Crippen molar-refractivity contribution in [1.82, 2.24) is 0 Å². The van der Waals surface area contributed by atoms with Gasteiger partial charge in [0.15, 0.2) is 0 Å². The van der Waals surface area contributed by atoms with Crippen LogP contribution in [0.3, 0.4) is 0 Å². The van der Waals surface area contributed by atoms with Crippen LogP contribution in [0.15, 0.2) is 12.3 Å². The topological polar surface area (TPSA) is 9.23 Å². The van der Waals surface area contributed by atoms with Crippen molar-refractivity contribution in [3.8, 4) is 0 Å². The first-order valence-electron chi connectivity index (χ1n) is 3.93. The number of ether oxygens (including phenoxy) is 1. The highest BCUT2D eigenvalue weighted by atomic mass is 16.5. The lowest BCUT2D eigenvalue weighted by Gasteiger charge is -2.03. The van der Waals surface area contributed by atoms with Crippen molar-refractivity contribution in [2.24, 2.45) is 5.92 Å². The summed E-state index contributed by atoms with van der Waals surface area (Å²) in [5.74, 6) is 0.729. The predicted molar refractivity (Wildman–Crippen MR) is 44.8 cm³/mol. The van der Waals surface area contributed by atoms with Gasteiger partial charge in [0.2, 0.25) is 0 Å². The normalized spacial score (nSPS) is 11.8. The molecule has 0 aliphatic rings. The standard InChI is InChI=1S/C9H18O/c1-8(2)6-5-7-10-9(3)4/h5,7-9H,6H2,1-4H3/b7-5+. The van der Waals surface area contributed by atoms with Crippen LogP contribution in [0, 0.1) is 5.92 Å². The van der Waals surface area contributed by atoms with E-state index in [2.05, 4.69) is 19.9 Å². The maximum absolute atomic E-state index is 5.21. The average Bonchev–Trinajstić information content (AvgIpc) is 1.79. The first-order valence-corrected chi connectivity index (χ1v) is 3.93. The summed E-state index contributed by atoms with van der Waals surface area (Å²) in [5.41, 5.74) is 0. The van der Waals surface area contributed by atoms with Crippen LogP contribution in [-0.4, -0.2) is 6.10 Å². The third-order valence-electron chi connectivity index (χ3n) is 1.05. The van der Waals surface area contributed by atoms with Gasteiger partial charge < -0.3 is 4.74 Å². The molecule has 1 nitrogen and oxygen atoms in total. The van der Waals surface area contributed by atoms with E-state index in [0.29, 0.717) is 6.10 Å². The van der Waals surface area contributed by atoms with E-state index in [0.717, 1.165) is 12.3 Å². The summed E-state index contributed by atoms with van der Waals surface area (Å²) >= 11 is 0. The van der Waals surface area contributed by atoms with Gasteiger partial charge in [0.05, 0.1) is 12.4 Å². The number of hydrogen-bond donors (Lipinski definition) is 0. The Bertz CT molecular complexity index is 80.9. The minimum absolute atomic E-state index is 0.309. The summed E-state index contributed by atoms with van der Waals surface area (Å²) in [5, 5.41) is 0. The molecule has 0 aliphatic carbocycles. The van der Waals surface area contributed by atoms with Crippen molar-refractivity contribution in [3.63, 3.8) is 0 Å². The van der Waals surface area contributed by atoms with Crippen molar-refractivity contribution in [3.05, 3.63) is 12.3 Å². The van der Waals surface area contributed by atoms with Crippen molar-refractivity contribution in [1.29, 1.82) is 0 Å². The molecule has 0 spiro atoms. The first kappa shape index (κ1) is 9.54. The summed E-state index contributed by atoms with van der Waals surface area (Å²) in [4.78, 5) is 0. The van der Waals surface area contributed by atoms with Gasteiger partial charge >= 0.3 is 0 Å². The molecule has 0 aromatic rings. The van der Waals surface area contributed by atoms with Crippen LogP contribution >= 0.6 is 0 Å². The molecule has 10 heavy (non-hydrogen) atoms. The lowest BCUT2D eigenvalue weighted by atomic mass is 10.1. The van der Waals surface area contributed by atoms with E-state index in [1.807, 2.05) is 13.8 Å². The molecule has 0 N–H and O–H groups in total. The van der Waals surface area contributed by atoms with Gasteiger partial charge in [-0.15, -0.1) is 0 Å². The summed E-state index contributed by atoms with van der Waals surface area (Å²) in [6, 6.07) is 0. The van der Waals surface area contributed by atoms with Crippen LogP contribution in [0.4, 0.5) is 0 Å². The largest absolute Gasteiger partial charge is 0.499 e. The Morgan fingerprint density at radius 3 is 2.20 bits per heavy atom. The fourth-order valence-corrected chi connectivity index (χ4v) is 0.540. The van der Waals surface area contributed by atoms with Crippen LogP contribution in [0.2, 0.25) is 0 Å². The van der Waals surface area contributed by atoms with E-state index in [1.165, 1.54) is 0 Å². The van der Waals surface area contributed by atoms with Gasteiger partial charge in [-0.05, 0) is 32.3 Å². The molecule has 0 aliphatic heterocycles. The van der Waals surface area contributed by atoms with Gasteiger partial charge in [-0.1, -0.05) is 13.8 Å². The second kappa shape index (κ2) is 5.33. The van der Waals surface area contributed by atoms with Gasteiger partial charge in [-0.3, -0.25) is 0 Å². The molecule has 0 rings (SSSR count). The summed E-state index contributed by atoms with van der Waals surface area (Å²) in [7, 11) is 0. The third-order valence-corrected chi connectivity index (χ3v) is 1.05. The van der Waals surface area contributed by atoms with Crippen LogP contribution in [0.1, 0.15) is 34.1 Å². The Balaban J connectivity index is 3.20. The molecular formula is C9H18O. The highest BCUT2D eigenvalue weighted by molar-refractivity contribution is 4.75. The van der Waals surface area contributed by atoms with Crippen LogP contribution in [-0.2, 0) is 4.74 Å². The van der Waals surface area contributed by atoms with Crippen LogP contribution in [0.5, 0.6) is 0 Å². The molecule has 0 saturated carbocycles. The molecule has 0 atom stereocenters. The molecule has 1 heteroatoms. The van der Waals surface area contributed by atoms with Crippen molar-refractivity contribution in [2.45, 2.75) is 40.2 Å². The third kappa shape index (κ3) is 7.54. The fourth-order valence-electron chi connectivity index (χ4n) is 0.540. The smallest absolute Gasteiger partial charge is 0.0922 e. The fraction of sp³-hybridized carbons (Fsp3) is 0.778. The van der Waals surface area contributed by atoms with Gasteiger partial charge in [-0.25, -0.2) is 0 Å². The highest BCUT2D eigenvalue weighted by Gasteiger charge is 1.88. The van der Waals surface area contributed by atoms with Gasteiger partial charge in [0.1, 0.15) is 0 Å². The average molecular weight is 142 g/mol. The predicted octanol–water partition coefficient (Wildman–Crippen LogP) is 2.97. The first-order chi connectivity index (χ1) is 4.63. The van der Waals surface area contributed by atoms with Crippen molar-refractivity contribution in [2.75, 3.05) is 0 Å². The molecule has 60 valence electrons. The number of rotatable bonds is 4. The Morgan fingerprint density at radius 2 is 1.80 bits per heavy atom. The van der Waals surface area contributed by atoms with E-state index in [9.17, 15) is 0 Å². The molecular weight excluding hydrogens is 124 g/mol. The number of allylic oxidation sites excluding steroid dienone is 1. The second-order valence-corrected chi connectivity index (χ2v) is 3.19.